The number of benzene rings is 1. The Morgan fingerprint density at radius 2 is 1.97 bits per heavy atom. The molecule has 14 nitrogen and oxygen atoms in total. The van der Waals surface area contributed by atoms with E-state index in [9.17, 15) is 19.6 Å². The molecule has 15 heteroatoms. The van der Waals surface area contributed by atoms with Crippen molar-refractivity contribution >= 4 is 30.7 Å². The fourth-order valence-corrected chi connectivity index (χ4v) is 5.73. The summed E-state index contributed by atoms with van der Waals surface area (Å²) in [7, 11) is -3.06. The van der Waals surface area contributed by atoms with Crippen molar-refractivity contribution in [2.45, 2.75) is 57.0 Å². The van der Waals surface area contributed by atoms with Gasteiger partial charge in [-0.1, -0.05) is 18.2 Å². The van der Waals surface area contributed by atoms with Gasteiger partial charge in [0.25, 0.3) is 0 Å². The third-order valence-corrected chi connectivity index (χ3v) is 7.74. The van der Waals surface area contributed by atoms with E-state index >= 15 is 0 Å². The van der Waals surface area contributed by atoms with Gasteiger partial charge in [-0.15, -0.1) is 0 Å². The first-order valence-electron chi connectivity index (χ1n) is 11.3. The lowest BCUT2D eigenvalue weighted by molar-refractivity contribution is -0.142. The number of nitrogens with two attached hydrogens (primary N) is 1. The molecular weight excluding hydrogens is 507 g/mol. The van der Waals surface area contributed by atoms with E-state index in [1.54, 1.807) is 30.3 Å². The summed E-state index contributed by atoms with van der Waals surface area (Å²) in [5.74, 6) is -0.343. The number of ether oxygens (including phenoxy) is 2. The maximum Gasteiger partial charge on any atom is 0.459 e. The van der Waals surface area contributed by atoms with Crippen LogP contribution in [0.5, 0.6) is 5.75 Å². The first-order chi connectivity index (χ1) is 17.5. The van der Waals surface area contributed by atoms with Crippen LogP contribution in [-0.4, -0.2) is 72.8 Å². The smallest absolute Gasteiger partial charge is 0.459 e. The molecule has 0 radical (unpaired) electrons. The highest BCUT2D eigenvalue weighted by Crippen LogP contribution is 2.49. The van der Waals surface area contributed by atoms with Crippen LogP contribution in [0.2, 0.25) is 0 Å². The second-order valence-electron chi connectivity index (χ2n) is 8.79. The second-order valence-corrected chi connectivity index (χ2v) is 10.4. The molecule has 0 bridgehead atoms. The van der Waals surface area contributed by atoms with Crippen LogP contribution >= 0.6 is 7.75 Å². The highest BCUT2D eigenvalue weighted by Gasteiger charge is 2.56. The minimum absolute atomic E-state index is 0.139. The van der Waals surface area contributed by atoms with Crippen LogP contribution in [0.15, 0.2) is 43.0 Å². The van der Waals surface area contributed by atoms with Crippen LogP contribution in [0.4, 0.5) is 5.82 Å². The van der Waals surface area contributed by atoms with Gasteiger partial charge in [-0.25, -0.2) is 19.5 Å². The van der Waals surface area contributed by atoms with E-state index in [4.69, 9.17) is 24.3 Å². The van der Waals surface area contributed by atoms with Crippen LogP contribution in [0.3, 0.4) is 0 Å². The van der Waals surface area contributed by atoms with Crippen molar-refractivity contribution in [3.8, 4) is 5.75 Å². The maximum atomic E-state index is 13.8. The number of rotatable bonds is 9. The van der Waals surface area contributed by atoms with Crippen molar-refractivity contribution in [2.75, 3.05) is 12.8 Å². The predicted molar refractivity (Wildman–Crippen MR) is 130 cm³/mol. The number of nitrogen functional groups attached to an aromatic ring is 1. The largest absolute Gasteiger partial charge is 0.468 e. The van der Waals surface area contributed by atoms with Gasteiger partial charge >= 0.3 is 13.7 Å². The monoisotopic (exact) mass is 536 g/mol. The zero-order valence-corrected chi connectivity index (χ0v) is 21.5. The van der Waals surface area contributed by atoms with Crippen molar-refractivity contribution in [2.24, 2.45) is 0 Å². The molecule has 2 aromatic heterocycles. The number of aliphatic hydroxyl groups is 2. The van der Waals surface area contributed by atoms with E-state index in [0.29, 0.717) is 5.52 Å². The third kappa shape index (κ3) is 5.30. The number of para-hydroxylation sites is 1. The third-order valence-electron chi connectivity index (χ3n) is 5.98. The van der Waals surface area contributed by atoms with Gasteiger partial charge in [-0.3, -0.25) is 13.9 Å². The summed E-state index contributed by atoms with van der Waals surface area (Å²) in [4.78, 5) is 24.2. The Bertz CT molecular complexity index is 1300. The molecule has 37 heavy (non-hydrogen) atoms. The highest BCUT2D eigenvalue weighted by atomic mass is 31.2. The van der Waals surface area contributed by atoms with Crippen molar-refractivity contribution in [3.05, 3.63) is 43.0 Å². The number of fused-ring (bicyclic) bond motifs is 1. The maximum absolute atomic E-state index is 13.8. The number of anilines is 1. The molecular formula is C22H29N6O8P. The van der Waals surface area contributed by atoms with Crippen LogP contribution in [0.25, 0.3) is 11.2 Å². The van der Waals surface area contributed by atoms with Gasteiger partial charge in [0.2, 0.25) is 0 Å². The van der Waals surface area contributed by atoms with E-state index < -0.39 is 49.9 Å². The van der Waals surface area contributed by atoms with Crippen molar-refractivity contribution < 1.29 is 38.1 Å². The second kappa shape index (κ2) is 10.3. The van der Waals surface area contributed by atoms with Gasteiger partial charge in [0.05, 0.1) is 19.5 Å². The molecule has 1 fully saturated rings. The van der Waals surface area contributed by atoms with Crippen molar-refractivity contribution in [1.29, 1.82) is 0 Å². The first kappa shape index (κ1) is 26.9. The Morgan fingerprint density at radius 1 is 1.27 bits per heavy atom. The van der Waals surface area contributed by atoms with Crippen LogP contribution in [-0.2, 0) is 23.4 Å². The number of aliphatic hydroxyl groups excluding tert-OH is 1. The number of nitrogens with one attached hydrogen (secondary N) is 1. The Morgan fingerprint density at radius 3 is 2.65 bits per heavy atom. The molecule has 1 aliphatic rings. The van der Waals surface area contributed by atoms with Crippen LogP contribution in [0, 0.1) is 0 Å². The highest BCUT2D eigenvalue weighted by molar-refractivity contribution is 7.52. The molecule has 5 N–H and O–H groups in total. The van der Waals surface area contributed by atoms with Gasteiger partial charge < -0.3 is 29.9 Å². The molecule has 1 aliphatic heterocycles. The normalized spacial score (nSPS) is 26.9. The Hall–Kier alpha value is -3.13. The minimum atomic E-state index is -4.25. The zero-order valence-electron chi connectivity index (χ0n) is 20.6. The summed E-state index contributed by atoms with van der Waals surface area (Å²) in [6.45, 7) is 4.30. The molecule has 0 aliphatic carbocycles. The van der Waals surface area contributed by atoms with E-state index in [1.165, 1.54) is 45.1 Å². The SMILES string of the molecule is COC(=O)[C@@H](C)NP(=O)(Oc1ccccc1)O[C@@H](C)[C@H]1O[C@@H](n2cnc3c(N)ncnc32)[C@](C)(O)[C@@H]1O. The molecule has 1 saturated heterocycles. The lowest BCUT2D eigenvalue weighted by atomic mass is 9.94. The average Bonchev–Trinajstić information content (AvgIpc) is 3.38. The molecule has 200 valence electrons. The average molecular weight is 536 g/mol. The van der Waals surface area contributed by atoms with Gasteiger partial charge in [-0.05, 0) is 32.9 Å². The number of carbonyl (C=O) groups is 1. The van der Waals surface area contributed by atoms with Crippen LogP contribution in [0.1, 0.15) is 27.0 Å². The molecule has 0 amide bonds. The number of esters is 1. The van der Waals surface area contributed by atoms with Gasteiger partial charge in [-0.2, -0.15) is 5.09 Å². The van der Waals surface area contributed by atoms with Crippen molar-refractivity contribution in [3.63, 3.8) is 0 Å². The van der Waals surface area contributed by atoms with Gasteiger partial charge in [0, 0.05) is 0 Å². The molecule has 0 saturated carbocycles. The molecule has 1 aromatic carbocycles. The van der Waals surface area contributed by atoms with E-state index in [0.717, 1.165) is 0 Å². The summed E-state index contributed by atoms with van der Waals surface area (Å²) in [6, 6.07) is 7.15. The summed E-state index contributed by atoms with van der Waals surface area (Å²) in [5.41, 5.74) is 4.60. The van der Waals surface area contributed by atoms with E-state index in [1.807, 2.05) is 0 Å². The number of nitrogens with zero attached hydrogens (tertiary/aromatic N) is 4. The van der Waals surface area contributed by atoms with E-state index in [2.05, 4.69) is 20.0 Å². The first-order valence-corrected chi connectivity index (χ1v) is 12.9. The number of carbonyl (C=O) groups excluding carboxylic acids is 1. The number of aromatic nitrogens is 4. The number of methoxy groups -OCH3 is 1. The molecule has 4 rings (SSSR count). The fraction of sp³-hybridized carbons (Fsp3) is 0.455. The fourth-order valence-electron chi connectivity index (χ4n) is 4.04. The lowest BCUT2D eigenvalue weighted by Crippen LogP contribution is -2.46. The Balaban J connectivity index is 1.60. The van der Waals surface area contributed by atoms with Crippen molar-refractivity contribution in [1.82, 2.24) is 24.6 Å². The Labute approximate surface area is 212 Å². The topological polar surface area (TPSA) is 193 Å². The predicted octanol–water partition coefficient (Wildman–Crippen LogP) is 1.16. The van der Waals surface area contributed by atoms with Gasteiger partial charge in [0.15, 0.2) is 17.7 Å². The summed E-state index contributed by atoms with van der Waals surface area (Å²) in [6.07, 6.45) is -2.34. The quantitative estimate of drug-likeness (QED) is 0.225. The van der Waals surface area contributed by atoms with E-state index in [-0.39, 0.29) is 17.2 Å². The summed E-state index contributed by atoms with van der Waals surface area (Å²) in [5, 5.41) is 24.7. The summed E-state index contributed by atoms with van der Waals surface area (Å²) >= 11 is 0. The zero-order chi connectivity index (χ0) is 27.0. The molecule has 3 aromatic rings. The number of hydrogen-bond acceptors (Lipinski definition) is 12. The Kier molecular flexibility index (Phi) is 7.51. The minimum Gasteiger partial charge on any atom is -0.468 e. The van der Waals surface area contributed by atoms with Crippen LogP contribution < -0.4 is 15.3 Å². The van der Waals surface area contributed by atoms with Gasteiger partial charge in [0.1, 0.15) is 41.4 Å². The molecule has 7 atom stereocenters. The molecule has 0 spiro atoms. The number of hydrogen-bond donors (Lipinski definition) is 4. The molecule has 1 unspecified atom stereocenters. The number of imidazole rings is 1. The summed E-state index contributed by atoms with van der Waals surface area (Å²) < 4.78 is 37.3. The molecule has 3 heterocycles. The lowest BCUT2D eigenvalue weighted by Gasteiger charge is -2.29. The standard InChI is InChI=1S/C22H29N6O8P/c1-12(20(30)33-4)27-37(32,36-14-8-6-5-7-9-14)35-13(2)16-17(29)22(3,31)21(34-16)28-11-26-15-18(23)24-10-25-19(15)28/h5-13,16-17,21,29,31H,1-4H3,(H,27,32)(H2,23,24,25)/t12-,13+,16-,17-,21-,22-,37?/m1/s1.